The van der Waals surface area contributed by atoms with Gasteiger partial charge in [0.2, 0.25) is 0 Å². The van der Waals surface area contributed by atoms with E-state index in [-0.39, 0.29) is 24.4 Å². The minimum absolute atomic E-state index is 0.196. The number of nitrogens with one attached hydrogen (secondary N) is 1. The number of hydrogen-bond acceptors (Lipinski definition) is 4. The molecule has 0 aliphatic carbocycles. The smallest absolute Gasteiger partial charge is 0.408 e. The summed E-state index contributed by atoms with van der Waals surface area (Å²) in [7, 11) is 0. The molecule has 6 heteroatoms. The maximum absolute atomic E-state index is 12.6. The maximum Gasteiger partial charge on any atom is 0.408 e. The predicted octanol–water partition coefficient (Wildman–Crippen LogP) is 3.94. The summed E-state index contributed by atoms with van der Waals surface area (Å²) < 4.78 is 5.36. The van der Waals surface area contributed by atoms with Crippen molar-refractivity contribution in [3.05, 3.63) is 71.3 Å². The third kappa shape index (κ3) is 4.39. The van der Waals surface area contributed by atoms with Gasteiger partial charge in [-0.15, -0.1) is 0 Å². The number of carbonyl (C=O) groups excluding carboxylic acids is 3. The fraction of sp³-hybridized carbons (Fsp3) is 0.318. The van der Waals surface area contributed by atoms with Crippen LogP contribution in [0.3, 0.4) is 0 Å². The van der Waals surface area contributed by atoms with Gasteiger partial charge in [0, 0.05) is 6.54 Å². The van der Waals surface area contributed by atoms with Crippen molar-refractivity contribution < 1.29 is 19.1 Å². The van der Waals surface area contributed by atoms with E-state index in [1.165, 1.54) is 4.90 Å². The van der Waals surface area contributed by atoms with Crippen molar-refractivity contribution in [3.63, 3.8) is 0 Å². The fourth-order valence-electron chi connectivity index (χ4n) is 3.16. The van der Waals surface area contributed by atoms with Gasteiger partial charge in [-0.05, 0) is 44.9 Å². The van der Waals surface area contributed by atoms with E-state index in [9.17, 15) is 14.4 Å². The molecule has 0 aromatic heterocycles. The third-order valence-corrected chi connectivity index (χ3v) is 4.41. The molecule has 0 unspecified atom stereocenters. The van der Waals surface area contributed by atoms with Crippen LogP contribution in [0.2, 0.25) is 0 Å². The van der Waals surface area contributed by atoms with Crippen molar-refractivity contribution in [2.45, 2.75) is 38.8 Å². The Bertz CT molecular complexity index is 852. The first-order valence-corrected chi connectivity index (χ1v) is 9.26. The molecular formula is C22H24N2O4. The molecule has 0 spiro atoms. The zero-order chi connectivity index (χ0) is 20.3. The lowest BCUT2D eigenvalue weighted by atomic mass is 10.0. The number of amides is 3. The minimum Gasteiger partial charge on any atom is -0.444 e. The summed E-state index contributed by atoms with van der Waals surface area (Å²) in [5.74, 6) is -0.602. The molecular weight excluding hydrogens is 356 g/mol. The van der Waals surface area contributed by atoms with Gasteiger partial charge < -0.3 is 10.1 Å². The van der Waals surface area contributed by atoms with E-state index in [1.807, 2.05) is 30.3 Å². The predicted molar refractivity (Wildman–Crippen MR) is 105 cm³/mol. The highest BCUT2D eigenvalue weighted by Crippen LogP contribution is 2.25. The van der Waals surface area contributed by atoms with Gasteiger partial charge in [-0.2, -0.15) is 0 Å². The average Bonchev–Trinajstić information content (AvgIpc) is 2.89. The molecule has 2 aromatic carbocycles. The number of alkyl carbamates (subject to hydrolysis) is 1. The number of ether oxygens (including phenoxy) is 1. The highest BCUT2D eigenvalue weighted by Gasteiger charge is 2.35. The van der Waals surface area contributed by atoms with Crippen molar-refractivity contribution in [3.8, 4) is 0 Å². The summed E-state index contributed by atoms with van der Waals surface area (Å²) in [5, 5.41) is 2.85. The molecule has 2 aromatic rings. The Morgan fingerprint density at radius 1 is 0.964 bits per heavy atom. The van der Waals surface area contributed by atoms with Crippen LogP contribution in [0.4, 0.5) is 4.79 Å². The van der Waals surface area contributed by atoms with Crippen LogP contribution in [0, 0.1) is 0 Å². The lowest BCUT2D eigenvalue weighted by Crippen LogP contribution is -2.37. The molecule has 1 N–H and O–H groups in total. The van der Waals surface area contributed by atoms with Crippen molar-refractivity contribution in [2.24, 2.45) is 0 Å². The van der Waals surface area contributed by atoms with Crippen LogP contribution < -0.4 is 5.32 Å². The highest BCUT2D eigenvalue weighted by atomic mass is 16.6. The van der Waals surface area contributed by atoms with Crippen LogP contribution in [-0.4, -0.2) is 35.0 Å². The molecule has 1 heterocycles. The molecule has 1 aliphatic rings. The van der Waals surface area contributed by atoms with Crippen molar-refractivity contribution >= 4 is 17.9 Å². The number of benzene rings is 2. The standard InChI is InChI=1S/C22H24N2O4/c1-22(2,3)28-21(27)23-18(15-9-5-4-6-10-15)13-14-24-19(25)16-11-7-8-12-17(16)20(24)26/h4-12,18H,13-14H2,1-3H3,(H,23,27)/t18-/m1/s1. The summed E-state index contributed by atoms with van der Waals surface area (Å²) in [6.07, 6.45) is -0.155. The second-order valence-electron chi connectivity index (χ2n) is 7.71. The highest BCUT2D eigenvalue weighted by molar-refractivity contribution is 6.21. The van der Waals surface area contributed by atoms with E-state index in [1.54, 1.807) is 45.0 Å². The summed E-state index contributed by atoms with van der Waals surface area (Å²) in [4.78, 5) is 38.6. The molecule has 3 amide bonds. The van der Waals surface area contributed by atoms with Gasteiger partial charge in [0.25, 0.3) is 11.8 Å². The molecule has 3 rings (SSSR count). The van der Waals surface area contributed by atoms with Crippen LogP contribution in [0.5, 0.6) is 0 Å². The lowest BCUT2D eigenvalue weighted by Gasteiger charge is -2.25. The number of imide groups is 1. The molecule has 1 atom stereocenters. The Morgan fingerprint density at radius 2 is 1.50 bits per heavy atom. The van der Waals surface area contributed by atoms with Gasteiger partial charge >= 0.3 is 6.09 Å². The number of rotatable bonds is 5. The SMILES string of the molecule is CC(C)(C)OC(=O)N[C@H](CCN1C(=O)c2ccccc2C1=O)c1ccccc1. The average molecular weight is 380 g/mol. The minimum atomic E-state index is -0.617. The molecule has 0 radical (unpaired) electrons. The van der Waals surface area contributed by atoms with Crippen molar-refractivity contribution in [2.75, 3.05) is 6.54 Å². The third-order valence-electron chi connectivity index (χ3n) is 4.41. The van der Waals surface area contributed by atoms with E-state index >= 15 is 0 Å². The summed E-state index contributed by atoms with van der Waals surface area (Å²) >= 11 is 0. The molecule has 6 nitrogen and oxygen atoms in total. The van der Waals surface area contributed by atoms with E-state index < -0.39 is 11.7 Å². The van der Waals surface area contributed by atoms with Gasteiger partial charge in [-0.3, -0.25) is 14.5 Å². The molecule has 1 aliphatic heterocycles. The lowest BCUT2D eigenvalue weighted by molar-refractivity contribution is 0.0498. The Hall–Kier alpha value is -3.15. The fourth-order valence-corrected chi connectivity index (χ4v) is 3.16. The Labute approximate surface area is 164 Å². The van der Waals surface area contributed by atoms with Crippen molar-refractivity contribution in [1.29, 1.82) is 0 Å². The largest absolute Gasteiger partial charge is 0.444 e. The summed E-state index contributed by atoms with van der Waals surface area (Å²) in [6.45, 7) is 5.58. The monoisotopic (exact) mass is 380 g/mol. The second kappa shape index (κ2) is 7.84. The number of nitrogens with zero attached hydrogens (tertiary/aromatic N) is 1. The molecule has 0 saturated carbocycles. The zero-order valence-electron chi connectivity index (χ0n) is 16.3. The number of carbonyl (C=O) groups is 3. The molecule has 0 fully saturated rings. The number of fused-ring (bicyclic) bond motifs is 1. The summed E-state index contributed by atoms with van der Waals surface area (Å²) in [5.41, 5.74) is 1.10. The molecule has 28 heavy (non-hydrogen) atoms. The first-order valence-electron chi connectivity index (χ1n) is 9.26. The molecule has 146 valence electrons. The van der Waals surface area contributed by atoms with Gasteiger partial charge in [0.1, 0.15) is 5.60 Å². The topological polar surface area (TPSA) is 75.7 Å². The van der Waals surface area contributed by atoms with Crippen LogP contribution in [-0.2, 0) is 4.74 Å². The summed E-state index contributed by atoms with van der Waals surface area (Å²) in [6, 6.07) is 15.8. The first kappa shape index (κ1) is 19.6. The van der Waals surface area contributed by atoms with E-state index in [0.717, 1.165) is 5.56 Å². The van der Waals surface area contributed by atoms with E-state index in [0.29, 0.717) is 17.5 Å². The first-order chi connectivity index (χ1) is 13.3. The van der Waals surface area contributed by atoms with Gasteiger partial charge in [0.05, 0.1) is 17.2 Å². The van der Waals surface area contributed by atoms with E-state index in [2.05, 4.69) is 5.32 Å². The van der Waals surface area contributed by atoms with E-state index in [4.69, 9.17) is 4.74 Å². The Kier molecular flexibility index (Phi) is 5.49. The second-order valence-corrected chi connectivity index (χ2v) is 7.71. The van der Waals surface area contributed by atoms with Crippen LogP contribution in [0.1, 0.15) is 59.5 Å². The van der Waals surface area contributed by atoms with Crippen LogP contribution >= 0.6 is 0 Å². The van der Waals surface area contributed by atoms with Crippen LogP contribution in [0.25, 0.3) is 0 Å². The van der Waals surface area contributed by atoms with Gasteiger partial charge in [-0.25, -0.2) is 4.79 Å². The van der Waals surface area contributed by atoms with Crippen molar-refractivity contribution in [1.82, 2.24) is 10.2 Å². The maximum atomic E-state index is 12.6. The number of hydrogen-bond donors (Lipinski definition) is 1. The Morgan fingerprint density at radius 3 is 2.04 bits per heavy atom. The Balaban J connectivity index is 1.73. The van der Waals surface area contributed by atoms with Crippen LogP contribution in [0.15, 0.2) is 54.6 Å². The molecule has 0 bridgehead atoms. The normalized spacial score (nSPS) is 14.6. The quantitative estimate of drug-likeness (QED) is 0.797. The van der Waals surface area contributed by atoms with Gasteiger partial charge in [-0.1, -0.05) is 42.5 Å². The van der Waals surface area contributed by atoms with Gasteiger partial charge in [0.15, 0.2) is 0 Å². The zero-order valence-corrected chi connectivity index (χ0v) is 16.3. The molecule has 0 saturated heterocycles.